The molecule has 162 valence electrons. The summed E-state index contributed by atoms with van der Waals surface area (Å²) in [6, 6.07) is 7.62. The molecule has 2 aliphatic heterocycles. The molecule has 7 nitrogen and oxygen atoms in total. The summed E-state index contributed by atoms with van der Waals surface area (Å²) in [7, 11) is -0.911. The number of hydrogen-bond acceptors (Lipinski definition) is 5. The highest BCUT2D eigenvalue weighted by Gasteiger charge is 2.35. The van der Waals surface area contributed by atoms with Gasteiger partial charge in [-0.2, -0.15) is 5.26 Å². The molecule has 0 amide bonds. The van der Waals surface area contributed by atoms with Crippen molar-refractivity contribution < 1.29 is 8.95 Å². The van der Waals surface area contributed by atoms with Crippen molar-refractivity contribution in [3.05, 3.63) is 35.8 Å². The second-order valence-electron chi connectivity index (χ2n) is 8.63. The van der Waals surface area contributed by atoms with E-state index in [1.54, 1.807) is 12.3 Å². The van der Waals surface area contributed by atoms with Crippen LogP contribution in [0, 0.1) is 17.2 Å². The molecule has 1 aromatic carbocycles. The van der Waals surface area contributed by atoms with Gasteiger partial charge in [0.15, 0.2) is 0 Å². The number of pyridine rings is 1. The quantitative estimate of drug-likeness (QED) is 0.675. The van der Waals surface area contributed by atoms with Gasteiger partial charge in [0.25, 0.3) is 0 Å². The highest BCUT2D eigenvalue weighted by Crippen LogP contribution is 2.34. The third kappa shape index (κ3) is 4.64. The maximum atomic E-state index is 12.4. The van der Waals surface area contributed by atoms with E-state index in [9.17, 15) is 4.21 Å². The lowest BCUT2D eigenvalue weighted by molar-refractivity contribution is 0.0968. The van der Waals surface area contributed by atoms with Crippen molar-refractivity contribution in [1.29, 1.82) is 5.26 Å². The minimum atomic E-state index is -0.911. The molecule has 0 bridgehead atoms. The lowest BCUT2D eigenvalue weighted by Crippen LogP contribution is -2.23. The van der Waals surface area contributed by atoms with Crippen LogP contribution in [0.15, 0.2) is 24.4 Å². The monoisotopic (exact) mass is 437 g/mol. The smallest absolute Gasteiger partial charge is 0.112 e. The van der Waals surface area contributed by atoms with E-state index in [1.165, 1.54) is 32.1 Å². The van der Waals surface area contributed by atoms with Crippen molar-refractivity contribution in [3.63, 3.8) is 0 Å². The molecule has 0 radical (unpaired) electrons. The van der Waals surface area contributed by atoms with Crippen molar-refractivity contribution in [1.82, 2.24) is 19.3 Å². The van der Waals surface area contributed by atoms with E-state index in [0.717, 1.165) is 60.0 Å². The van der Waals surface area contributed by atoms with Crippen molar-refractivity contribution in [2.75, 3.05) is 32.1 Å². The number of aromatic nitrogens is 3. The summed E-state index contributed by atoms with van der Waals surface area (Å²) in [5.41, 5.74) is 3.13. The minimum Gasteiger partial charge on any atom is -0.381 e. The Bertz CT molecular complexity index is 1130. The second kappa shape index (κ2) is 9.03. The van der Waals surface area contributed by atoms with E-state index in [1.807, 2.05) is 12.1 Å². The Kier molecular flexibility index (Phi) is 5.99. The first-order chi connectivity index (χ1) is 15.2. The van der Waals surface area contributed by atoms with Gasteiger partial charge in [-0.1, -0.05) is 0 Å². The van der Waals surface area contributed by atoms with E-state index in [0.29, 0.717) is 11.3 Å². The Labute approximate surface area is 184 Å². The van der Waals surface area contributed by atoms with Gasteiger partial charge in [-0.3, -0.25) is 4.98 Å². The predicted octanol–water partition coefficient (Wildman–Crippen LogP) is 3.64. The first-order valence-corrected chi connectivity index (χ1v) is 12.4. The zero-order chi connectivity index (χ0) is 21.2. The SMILES string of the molecule is C1CCOCC1.N#Cc1ccc2ncc3[nH]c(C4CN(CC5CC5)S(=O)C4)nc3c2c1. The largest absolute Gasteiger partial charge is 0.381 e. The van der Waals surface area contributed by atoms with Crippen LogP contribution in [0.2, 0.25) is 0 Å². The second-order valence-corrected chi connectivity index (χ2v) is 10.1. The van der Waals surface area contributed by atoms with E-state index in [4.69, 9.17) is 15.0 Å². The average molecular weight is 438 g/mol. The van der Waals surface area contributed by atoms with Crippen LogP contribution in [0.4, 0.5) is 0 Å². The molecule has 0 spiro atoms. The van der Waals surface area contributed by atoms with Crippen LogP contribution >= 0.6 is 0 Å². The first-order valence-electron chi connectivity index (χ1n) is 11.1. The van der Waals surface area contributed by atoms with Crippen molar-refractivity contribution in [2.24, 2.45) is 5.92 Å². The molecular weight excluding hydrogens is 410 g/mol. The van der Waals surface area contributed by atoms with Gasteiger partial charge in [0.2, 0.25) is 0 Å². The van der Waals surface area contributed by atoms with E-state index < -0.39 is 11.0 Å². The molecule has 3 fully saturated rings. The molecule has 2 atom stereocenters. The van der Waals surface area contributed by atoms with Gasteiger partial charge in [0.1, 0.15) is 5.82 Å². The molecule has 3 aromatic rings. The maximum Gasteiger partial charge on any atom is 0.112 e. The van der Waals surface area contributed by atoms with Crippen LogP contribution in [-0.2, 0) is 15.7 Å². The summed E-state index contributed by atoms with van der Waals surface area (Å²) in [5, 5.41) is 10.0. The number of nitriles is 1. The molecule has 6 rings (SSSR count). The fourth-order valence-electron chi connectivity index (χ4n) is 4.20. The number of hydrogen-bond donors (Lipinski definition) is 1. The van der Waals surface area contributed by atoms with Gasteiger partial charge in [0.05, 0.1) is 45.4 Å². The normalized spacial score (nSPS) is 24.1. The zero-order valence-corrected chi connectivity index (χ0v) is 18.4. The Morgan fingerprint density at radius 3 is 2.77 bits per heavy atom. The number of nitrogens with one attached hydrogen (secondary N) is 1. The fourth-order valence-corrected chi connectivity index (χ4v) is 5.74. The number of aromatic amines is 1. The summed E-state index contributed by atoms with van der Waals surface area (Å²) >= 11 is 0. The van der Waals surface area contributed by atoms with Gasteiger partial charge in [0, 0.05) is 43.4 Å². The number of ether oxygens (including phenoxy) is 1. The number of rotatable bonds is 3. The molecule has 31 heavy (non-hydrogen) atoms. The van der Waals surface area contributed by atoms with Crippen LogP contribution in [0.3, 0.4) is 0 Å². The molecule has 1 saturated carbocycles. The Morgan fingerprint density at radius 1 is 1.26 bits per heavy atom. The van der Waals surface area contributed by atoms with Crippen LogP contribution in [-0.4, -0.2) is 55.5 Å². The number of H-pyrrole nitrogens is 1. The molecule has 8 heteroatoms. The molecule has 4 heterocycles. The Balaban J connectivity index is 0.000000296. The van der Waals surface area contributed by atoms with E-state index in [2.05, 4.69) is 20.3 Å². The van der Waals surface area contributed by atoms with Crippen LogP contribution in [0.1, 0.15) is 49.4 Å². The van der Waals surface area contributed by atoms with Gasteiger partial charge in [-0.15, -0.1) is 0 Å². The summed E-state index contributed by atoms with van der Waals surface area (Å²) in [5.74, 6) is 2.39. The topological polar surface area (TPSA) is 94.9 Å². The lowest BCUT2D eigenvalue weighted by Gasteiger charge is -2.12. The summed E-state index contributed by atoms with van der Waals surface area (Å²) in [4.78, 5) is 12.6. The van der Waals surface area contributed by atoms with E-state index in [-0.39, 0.29) is 5.92 Å². The first kappa shape index (κ1) is 20.6. The van der Waals surface area contributed by atoms with Gasteiger partial charge < -0.3 is 9.72 Å². The van der Waals surface area contributed by atoms with Crippen LogP contribution in [0.5, 0.6) is 0 Å². The Morgan fingerprint density at radius 2 is 2.10 bits per heavy atom. The van der Waals surface area contributed by atoms with Crippen molar-refractivity contribution >= 4 is 32.9 Å². The molecule has 2 saturated heterocycles. The van der Waals surface area contributed by atoms with Crippen molar-refractivity contribution in [2.45, 2.75) is 38.0 Å². The third-order valence-corrected chi connectivity index (χ3v) is 7.70. The van der Waals surface area contributed by atoms with Gasteiger partial charge >= 0.3 is 0 Å². The third-order valence-electron chi connectivity index (χ3n) is 6.14. The molecule has 1 N–H and O–H groups in total. The standard InChI is InChI=1S/C18H17N5OS.C5H10O/c19-6-12-3-4-15-14(5-12)17-16(7-20-15)21-18(22-17)13-9-23(25(24)10-13)8-11-1-2-11;1-2-4-6-5-3-1/h3-5,7,11,13H,1-2,8-10H2,(H,21,22);1-5H2. The average Bonchev–Trinajstić information content (AvgIpc) is 3.40. The maximum absolute atomic E-state index is 12.4. The lowest BCUT2D eigenvalue weighted by atomic mass is 10.1. The molecule has 2 unspecified atom stereocenters. The zero-order valence-electron chi connectivity index (χ0n) is 17.5. The van der Waals surface area contributed by atoms with E-state index >= 15 is 0 Å². The predicted molar refractivity (Wildman–Crippen MR) is 121 cm³/mol. The number of fused-ring (bicyclic) bond motifs is 3. The molecular formula is C23H27N5O2S. The number of benzene rings is 1. The van der Waals surface area contributed by atoms with Crippen LogP contribution in [0.25, 0.3) is 21.9 Å². The Hall–Kier alpha value is -2.34. The highest BCUT2D eigenvalue weighted by atomic mass is 32.2. The van der Waals surface area contributed by atoms with Crippen molar-refractivity contribution in [3.8, 4) is 6.07 Å². The highest BCUT2D eigenvalue weighted by molar-refractivity contribution is 7.82. The summed E-state index contributed by atoms with van der Waals surface area (Å²) < 4.78 is 19.5. The summed E-state index contributed by atoms with van der Waals surface area (Å²) in [6.07, 6.45) is 8.25. The number of nitrogens with zero attached hydrogens (tertiary/aromatic N) is 4. The molecule has 2 aromatic heterocycles. The van der Waals surface area contributed by atoms with Gasteiger partial charge in [-0.05, 0) is 56.2 Å². The van der Waals surface area contributed by atoms with Crippen LogP contribution < -0.4 is 0 Å². The summed E-state index contributed by atoms with van der Waals surface area (Å²) in [6.45, 7) is 3.73. The van der Waals surface area contributed by atoms with Gasteiger partial charge in [-0.25, -0.2) is 13.5 Å². The molecule has 1 aliphatic carbocycles. The minimum absolute atomic E-state index is 0.154. The number of imidazole rings is 1. The fraction of sp³-hybridized carbons (Fsp3) is 0.522. The molecule has 3 aliphatic rings.